The van der Waals surface area contributed by atoms with Crippen molar-refractivity contribution in [1.29, 1.82) is 0 Å². The van der Waals surface area contributed by atoms with Crippen molar-refractivity contribution in [3.63, 3.8) is 0 Å². The lowest BCUT2D eigenvalue weighted by Gasteiger charge is -2.21. The largest absolute Gasteiger partial charge is 0.487 e. The lowest BCUT2D eigenvalue weighted by Crippen LogP contribution is -2.49. The zero-order chi connectivity index (χ0) is 21.1. The van der Waals surface area contributed by atoms with E-state index in [1.54, 1.807) is 12.1 Å². The quantitative estimate of drug-likeness (QED) is 0.726. The van der Waals surface area contributed by atoms with E-state index in [0.29, 0.717) is 5.56 Å². The number of nitrogens with one attached hydrogen (secondary N) is 1. The number of amides is 1. The van der Waals surface area contributed by atoms with Gasteiger partial charge in [0, 0.05) is 5.56 Å². The Morgan fingerprint density at radius 3 is 2.39 bits per heavy atom. The van der Waals surface area contributed by atoms with Crippen LogP contribution >= 0.6 is 11.6 Å². The Kier molecular flexibility index (Phi) is 6.23. The summed E-state index contributed by atoms with van der Waals surface area (Å²) < 4.78 is 43.4. The van der Waals surface area contributed by atoms with Crippen molar-refractivity contribution in [2.24, 2.45) is 0 Å². The summed E-state index contributed by atoms with van der Waals surface area (Å²) in [6.07, 6.45) is -4.51. The second kappa shape index (κ2) is 8.10. The predicted octanol–water partition coefficient (Wildman–Crippen LogP) is 4.53. The number of rotatable bonds is 6. The molecule has 2 aromatic carbocycles. The minimum Gasteiger partial charge on any atom is -0.487 e. The van der Waals surface area contributed by atoms with Crippen LogP contribution in [-0.4, -0.2) is 22.5 Å². The molecule has 0 radical (unpaired) electrons. The first-order valence-electron chi connectivity index (χ1n) is 8.04. The van der Waals surface area contributed by atoms with Crippen LogP contribution < -0.4 is 10.1 Å². The van der Waals surface area contributed by atoms with Gasteiger partial charge in [-0.25, -0.2) is 4.79 Å². The van der Waals surface area contributed by atoms with Crippen LogP contribution in [0, 0.1) is 0 Å². The topological polar surface area (TPSA) is 75.6 Å². The molecule has 0 saturated carbocycles. The van der Waals surface area contributed by atoms with E-state index in [2.05, 4.69) is 5.32 Å². The Labute approximate surface area is 164 Å². The SMILES string of the molecule is CC(C)(NC(=O)c1cccc(COc2ccc(C(F)(F)F)cc2Cl)c1)C(=O)O. The van der Waals surface area contributed by atoms with Crippen molar-refractivity contribution in [3.05, 3.63) is 64.2 Å². The molecule has 0 aromatic heterocycles. The molecule has 0 aliphatic rings. The van der Waals surface area contributed by atoms with Crippen molar-refractivity contribution >= 4 is 23.5 Å². The Morgan fingerprint density at radius 2 is 1.82 bits per heavy atom. The number of carbonyl (C=O) groups is 2. The molecule has 0 spiro atoms. The molecule has 28 heavy (non-hydrogen) atoms. The molecule has 0 fully saturated rings. The molecule has 2 aromatic rings. The average molecular weight is 416 g/mol. The third-order valence-electron chi connectivity index (χ3n) is 3.80. The third-order valence-corrected chi connectivity index (χ3v) is 4.10. The molecule has 1 amide bonds. The summed E-state index contributed by atoms with van der Waals surface area (Å²) in [6, 6.07) is 8.98. The van der Waals surface area contributed by atoms with E-state index in [4.69, 9.17) is 21.4 Å². The fourth-order valence-corrected chi connectivity index (χ4v) is 2.40. The fourth-order valence-electron chi connectivity index (χ4n) is 2.17. The van der Waals surface area contributed by atoms with Gasteiger partial charge in [-0.1, -0.05) is 23.7 Å². The summed E-state index contributed by atoms with van der Waals surface area (Å²) in [4.78, 5) is 23.3. The number of hydrogen-bond donors (Lipinski definition) is 2. The van der Waals surface area contributed by atoms with Gasteiger partial charge < -0.3 is 15.2 Å². The van der Waals surface area contributed by atoms with Crippen molar-refractivity contribution in [1.82, 2.24) is 5.32 Å². The second-order valence-electron chi connectivity index (χ2n) is 6.52. The van der Waals surface area contributed by atoms with Crippen LogP contribution in [0.5, 0.6) is 5.75 Å². The highest BCUT2D eigenvalue weighted by Gasteiger charge is 2.31. The molecule has 5 nitrogen and oxygen atoms in total. The number of carboxylic acid groups (broad SMARTS) is 1. The number of alkyl halides is 3. The minimum absolute atomic E-state index is 0.0471. The van der Waals surface area contributed by atoms with E-state index >= 15 is 0 Å². The molecule has 150 valence electrons. The summed E-state index contributed by atoms with van der Waals surface area (Å²) in [6.45, 7) is 2.66. The van der Waals surface area contributed by atoms with E-state index in [1.165, 1.54) is 26.0 Å². The Balaban J connectivity index is 2.09. The molecule has 2 N–H and O–H groups in total. The van der Waals surface area contributed by atoms with E-state index in [-0.39, 0.29) is 22.9 Å². The Bertz CT molecular complexity index is 897. The van der Waals surface area contributed by atoms with E-state index in [1.807, 2.05) is 0 Å². The Hall–Kier alpha value is -2.74. The summed E-state index contributed by atoms with van der Waals surface area (Å²) in [5.74, 6) is -1.70. The van der Waals surface area contributed by atoms with Crippen LogP contribution in [0.2, 0.25) is 5.02 Å². The van der Waals surface area contributed by atoms with Gasteiger partial charge in [0.2, 0.25) is 0 Å². The molecule has 9 heteroatoms. The number of aliphatic carboxylic acids is 1. The fraction of sp³-hybridized carbons (Fsp3) is 0.263. The molecule has 2 rings (SSSR count). The molecule has 0 unspecified atom stereocenters. The van der Waals surface area contributed by atoms with Crippen LogP contribution in [0.3, 0.4) is 0 Å². The maximum absolute atomic E-state index is 12.7. The highest BCUT2D eigenvalue weighted by molar-refractivity contribution is 6.32. The smallest absolute Gasteiger partial charge is 0.416 e. The number of benzene rings is 2. The van der Waals surface area contributed by atoms with Crippen molar-refractivity contribution in [3.8, 4) is 5.75 Å². The Morgan fingerprint density at radius 1 is 1.14 bits per heavy atom. The molecular formula is C19H17ClF3NO4. The molecule has 0 heterocycles. The van der Waals surface area contributed by atoms with Crippen molar-refractivity contribution in [2.75, 3.05) is 0 Å². The first-order valence-corrected chi connectivity index (χ1v) is 8.42. The van der Waals surface area contributed by atoms with E-state index in [0.717, 1.165) is 18.2 Å². The molecule has 0 aliphatic carbocycles. The second-order valence-corrected chi connectivity index (χ2v) is 6.92. The summed E-state index contributed by atoms with van der Waals surface area (Å²) in [7, 11) is 0. The number of ether oxygens (including phenoxy) is 1. The normalized spacial score (nSPS) is 11.8. The van der Waals surface area contributed by atoms with Crippen LogP contribution in [0.1, 0.15) is 35.3 Å². The maximum Gasteiger partial charge on any atom is 0.416 e. The maximum atomic E-state index is 12.7. The predicted molar refractivity (Wildman–Crippen MR) is 96.4 cm³/mol. The zero-order valence-corrected chi connectivity index (χ0v) is 15.7. The van der Waals surface area contributed by atoms with Crippen molar-refractivity contribution in [2.45, 2.75) is 32.2 Å². The molecular weight excluding hydrogens is 399 g/mol. The van der Waals surface area contributed by atoms with Gasteiger partial charge in [0.05, 0.1) is 10.6 Å². The third kappa shape index (κ3) is 5.39. The number of hydrogen-bond acceptors (Lipinski definition) is 3. The average Bonchev–Trinajstić information content (AvgIpc) is 2.59. The van der Waals surface area contributed by atoms with Gasteiger partial charge in [0.15, 0.2) is 0 Å². The lowest BCUT2D eigenvalue weighted by molar-refractivity contribution is -0.143. The van der Waals surface area contributed by atoms with Gasteiger partial charge in [-0.3, -0.25) is 4.79 Å². The van der Waals surface area contributed by atoms with Crippen LogP contribution in [0.25, 0.3) is 0 Å². The summed E-state index contributed by atoms with van der Waals surface area (Å²) >= 11 is 5.84. The number of carboxylic acids is 1. The van der Waals surface area contributed by atoms with Gasteiger partial charge in [0.1, 0.15) is 17.9 Å². The monoisotopic (exact) mass is 415 g/mol. The summed E-state index contributed by atoms with van der Waals surface area (Å²) in [5.41, 5.74) is -1.56. The van der Waals surface area contributed by atoms with Gasteiger partial charge in [-0.05, 0) is 49.7 Å². The highest BCUT2D eigenvalue weighted by atomic mass is 35.5. The summed E-state index contributed by atoms with van der Waals surface area (Å²) in [5, 5.41) is 11.3. The first kappa shape index (κ1) is 21.6. The standard InChI is InChI=1S/C19H17ClF3NO4/c1-18(2,17(26)27)24-16(25)12-5-3-4-11(8-12)10-28-15-7-6-13(9-14(15)20)19(21,22)23/h3-9H,10H2,1-2H3,(H,24,25)(H,26,27). The molecule has 0 aliphatic heterocycles. The van der Waals surface area contributed by atoms with Crippen LogP contribution in [0.4, 0.5) is 13.2 Å². The van der Waals surface area contributed by atoms with Crippen molar-refractivity contribution < 1.29 is 32.6 Å². The minimum atomic E-state index is -4.51. The molecule has 0 saturated heterocycles. The van der Waals surface area contributed by atoms with Crippen LogP contribution in [0.15, 0.2) is 42.5 Å². The van der Waals surface area contributed by atoms with E-state index in [9.17, 15) is 22.8 Å². The number of carbonyl (C=O) groups excluding carboxylic acids is 1. The number of halogens is 4. The molecule has 0 bridgehead atoms. The van der Waals surface area contributed by atoms with E-state index < -0.39 is 29.2 Å². The van der Waals surface area contributed by atoms with Crippen LogP contribution in [-0.2, 0) is 17.6 Å². The zero-order valence-electron chi connectivity index (χ0n) is 14.9. The first-order chi connectivity index (χ1) is 12.9. The van der Waals surface area contributed by atoms with Gasteiger partial charge in [-0.2, -0.15) is 13.2 Å². The van der Waals surface area contributed by atoms with Gasteiger partial charge in [-0.15, -0.1) is 0 Å². The highest BCUT2D eigenvalue weighted by Crippen LogP contribution is 2.34. The molecule has 0 atom stereocenters. The lowest BCUT2D eigenvalue weighted by atomic mass is 10.0. The van der Waals surface area contributed by atoms with Gasteiger partial charge in [0.25, 0.3) is 5.91 Å². The van der Waals surface area contributed by atoms with Gasteiger partial charge >= 0.3 is 12.1 Å².